The molecule has 0 saturated carbocycles. The zero-order chi connectivity index (χ0) is 18.6. The average Bonchev–Trinajstić information content (AvgIpc) is 3.09. The van der Waals surface area contributed by atoms with Crippen LogP contribution in [0.1, 0.15) is 30.1 Å². The van der Waals surface area contributed by atoms with Gasteiger partial charge in [-0.2, -0.15) is 0 Å². The molecule has 0 N–H and O–H groups in total. The molecule has 6 nitrogen and oxygen atoms in total. The van der Waals surface area contributed by atoms with Crippen molar-refractivity contribution in [2.75, 3.05) is 13.1 Å². The van der Waals surface area contributed by atoms with Crippen LogP contribution in [0.15, 0.2) is 49.2 Å². The van der Waals surface area contributed by atoms with E-state index in [0.29, 0.717) is 5.88 Å². The number of likely N-dealkylation sites (tertiary alicyclic amines) is 1. The summed E-state index contributed by atoms with van der Waals surface area (Å²) in [5, 5.41) is 0. The number of aromatic nitrogens is 4. The van der Waals surface area contributed by atoms with Crippen molar-refractivity contribution in [3.05, 3.63) is 66.4 Å². The minimum atomic E-state index is -0.412. The summed E-state index contributed by atoms with van der Waals surface area (Å²) in [6.07, 6.45) is 9.19. The van der Waals surface area contributed by atoms with Crippen molar-refractivity contribution >= 4 is 0 Å². The summed E-state index contributed by atoms with van der Waals surface area (Å²) in [5.41, 5.74) is 2.08. The summed E-state index contributed by atoms with van der Waals surface area (Å²) >= 11 is 0. The Kier molecular flexibility index (Phi) is 5.11. The van der Waals surface area contributed by atoms with Crippen molar-refractivity contribution in [3.63, 3.8) is 0 Å². The first-order valence-corrected chi connectivity index (χ1v) is 9.11. The fraction of sp³-hybridized carbons (Fsp3) is 0.350. The van der Waals surface area contributed by atoms with Crippen LogP contribution in [0.2, 0.25) is 0 Å². The predicted octanol–water partition coefficient (Wildman–Crippen LogP) is 3.52. The second kappa shape index (κ2) is 7.84. The van der Waals surface area contributed by atoms with Crippen molar-refractivity contribution in [3.8, 4) is 11.6 Å². The lowest BCUT2D eigenvalue weighted by atomic mass is 9.95. The Morgan fingerprint density at radius 1 is 1.19 bits per heavy atom. The smallest absolute Gasteiger partial charge is 0.238 e. The summed E-state index contributed by atoms with van der Waals surface area (Å²) in [6.45, 7) is 2.83. The summed E-state index contributed by atoms with van der Waals surface area (Å²) in [6, 6.07) is 6.31. The van der Waals surface area contributed by atoms with E-state index in [1.165, 1.54) is 18.0 Å². The minimum Gasteiger partial charge on any atom is -0.434 e. The molecule has 7 heteroatoms. The maximum atomic E-state index is 13.8. The molecule has 0 amide bonds. The Morgan fingerprint density at radius 2 is 2.07 bits per heavy atom. The minimum absolute atomic E-state index is 0.158. The number of nitrogens with zero attached hydrogens (tertiary/aromatic N) is 5. The van der Waals surface area contributed by atoms with Crippen molar-refractivity contribution in [1.29, 1.82) is 0 Å². The molecule has 1 saturated heterocycles. The molecular formula is C20H22FN5O. The summed E-state index contributed by atoms with van der Waals surface area (Å²) in [5.74, 6) is 0.347. The molecule has 0 unspecified atom stereocenters. The fourth-order valence-electron chi connectivity index (χ4n) is 3.46. The number of benzene rings is 1. The van der Waals surface area contributed by atoms with Crippen LogP contribution in [-0.2, 0) is 13.6 Å². The highest BCUT2D eigenvalue weighted by Gasteiger charge is 2.24. The third kappa shape index (κ3) is 4.14. The van der Waals surface area contributed by atoms with Crippen molar-refractivity contribution in [2.24, 2.45) is 7.05 Å². The van der Waals surface area contributed by atoms with Gasteiger partial charge in [-0.1, -0.05) is 12.1 Å². The Balaban J connectivity index is 1.46. The maximum Gasteiger partial charge on any atom is 0.238 e. The number of piperidine rings is 1. The van der Waals surface area contributed by atoms with Crippen LogP contribution in [0.4, 0.5) is 4.39 Å². The lowest BCUT2D eigenvalue weighted by Gasteiger charge is -2.32. The summed E-state index contributed by atoms with van der Waals surface area (Å²) in [7, 11) is 2.01. The largest absolute Gasteiger partial charge is 0.434 e. The monoisotopic (exact) mass is 367 g/mol. The highest BCUT2D eigenvalue weighted by molar-refractivity contribution is 5.28. The molecule has 27 heavy (non-hydrogen) atoms. The van der Waals surface area contributed by atoms with Crippen LogP contribution < -0.4 is 4.74 Å². The molecule has 1 aliphatic rings. The van der Waals surface area contributed by atoms with Crippen molar-refractivity contribution in [2.45, 2.75) is 25.3 Å². The van der Waals surface area contributed by atoms with Crippen molar-refractivity contribution < 1.29 is 9.13 Å². The van der Waals surface area contributed by atoms with Gasteiger partial charge in [0, 0.05) is 38.4 Å². The lowest BCUT2D eigenvalue weighted by Crippen LogP contribution is -2.34. The standard InChI is InChI=1S/C20H22FN5O/c1-25-14-23-9-16(25)13-26-8-4-5-15(12-26)18-10-22-11-20(24-18)27-19-7-3-2-6-17(19)21/h2-3,6-7,9-11,14-15H,4-5,8,12-13H2,1H3/t15-/m0/s1. The van der Waals surface area contributed by atoms with Gasteiger partial charge in [0.2, 0.25) is 5.88 Å². The number of imidazole rings is 1. The Bertz CT molecular complexity index is 913. The van der Waals surface area contributed by atoms with Gasteiger partial charge in [0.15, 0.2) is 11.6 Å². The fourth-order valence-corrected chi connectivity index (χ4v) is 3.46. The predicted molar refractivity (Wildman–Crippen MR) is 99.0 cm³/mol. The molecule has 1 aromatic carbocycles. The Labute approximate surface area is 157 Å². The number of halogens is 1. The van der Waals surface area contributed by atoms with Crippen molar-refractivity contribution in [1.82, 2.24) is 24.4 Å². The molecule has 1 aliphatic heterocycles. The molecule has 4 rings (SSSR count). The van der Waals surface area contributed by atoms with E-state index in [4.69, 9.17) is 4.74 Å². The van der Waals surface area contributed by atoms with E-state index in [-0.39, 0.29) is 11.7 Å². The molecular weight excluding hydrogens is 345 g/mol. The lowest BCUT2D eigenvalue weighted by molar-refractivity contribution is 0.194. The van der Waals surface area contributed by atoms with Gasteiger partial charge >= 0.3 is 0 Å². The van der Waals surface area contributed by atoms with E-state index in [1.54, 1.807) is 24.4 Å². The van der Waals surface area contributed by atoms with E-state index in [0.717, 1.165) is 38.2 Å². The van der Waals surface area contributed by atoms with Gasteiger partial charge in [-0.25, -0.2) is 14.4 Å². The van der Waals surface area contributed by atoms with E-state index in [1.807, 2.05) is 24.1 Å². The zero-order valence-electron chi connectivity index (χ0n) is 15.3. The van der Waals surface area contributed by atoms with E-state index < -0.39 is 5.82 Å². The number of aryl methyl sites for hydroxylation is 1. The molecule has 0 radical (unpaired) electrons. The SMILES string of the molecule is Cn1cncc1CN1CCC[C@H](c2cncc(Oc3ccccc3F)n2)C1. The Morgan fingerprint density at radius 3 is 2.89 bits per heavy atom. The van der Waals surface area contributed by atoms with E-state index in [9.17, 15) is 4.39 Å². The third-order valence-corrected chi connectivity index (χ3v) is 4.91. The van der Waals surface area contributed by atoms with E-state index >= 15 is 0 Å². The first kappa shape index (κ1) is 17.6. The zero-order valence-corrected chi connectivity index (χ0v) is 15.3. The third-order valence-electron chi connectivity index (χ3n) is 4.91. The van der Waals surface area contributed by atoms with Crippen LogP contribution in [0.25, 0.3) is 0 Å². The molecule has 3 heterocycles. The topological polar surface area (TPSA) is 56.1 Å². The number of rotatable bonds is 5. The van der Waals surface area contributed by atoms with Gasteiger partial charge < -0.3 is 9.30 Å². The summed E-state index contributed by atoms with van der Waals surface area (Å²) < 4.78 is 21.5. The maximum absolute atomic E-state index is 13.8. The number of hydrogen-bond donors (Lipinski definition) is 0. The summed E-state index contributed by atoms with van der Waals surface area (Å²) in [4.78, 5) is 15.4. The molecule has 1 atom stereocenters. The number of ether oxygens (including phenoxy) is 1. The van der Waals surface area contributed by atoms with Gasteiger partial charge in [-0.05, 0) is 31.5 Å². The molecule has 1 fully saturated rings. The Hall–Kier alpha value is -2.80. The van der Waals surface area contributed by atoms with Crippen LogP contribution >= 0.6 is 0 Å². The number of hydrogen-bond acceptors (Lipinski definition) is 5. The first-order chi connectivity index (χ1) is 13.2. The second-order valence-corrected chi connectivity index (χ2v) is 6.88. The number of para-hydroxylation sites is 1. The molecule has 0 aliphatic carbocycles. The van der Waals surface area contributed by atoms with Gasteiger partial charge in [0.25, 0.3) is 0 Å². The van der Waals surface area contributed by atoms with Crippen LogP contribution in [0.5, 0.6) is 11.6 Å². The highest BCUT2D eigenvalue weighted by Crippen LogP contribution is 2.28. The quantitative estimate of drug-likeness (QED) is 0.691. The second-order valence-electron chi connectivity index (χ2n) is 6.88. The van der Waals surface area contributed by atoms with Crippen LogP contribution in [0.3, 0.4) is 0 Å². The molecule has 140 valence electrons. The molecule has 0 bridgehead atoms. The van der Waals surface area contributed by atoms with Gasteiger partial charge in [-0.3, -0.25) is 9.88 Å². The average molecular weight is 367 g/mol. The normalized spacial score (nSPS) is 17.8. The van der Waals surface area contributed by atoms with Crippen LogP contribution in [0, 0.1) is 5.82 Å². The molecule has 3 aromatic rings. The van der Waals surface area contributed by atoms with Gasteiger partial charge in [-0.15, -0.1) is 0 Å². The van der Waals surface area contributed by atoms with E-state index in [2.05, 4.69) is 19.9 Å². The van der Waals surface area contributed by atoms with Crippen LogP contribution in [-0.4, -0.2) is 37.5 Å². The highest BCUT2D eigenvalue weighted by atomic mass is 19.1. The van der Waals surface area contributed by atoms with Gasteiger partial charge in [0.05, 0.1) is 23.9 Å². The molecule has 2 aromatic heterocycles. The first-order valence-electron chi connectivity index (χ1n) is 9.11. The van der Waals surface area contributed by atoms with Gasteiger partial charge in [0.1, 0.15) is 0 Å². The molecule has 0 spiro atoms.